The molecule has 0 aromatic heterocycles. The molecule has 0 radical (unpaired) electrons. The van der Waals surface area contributed by atoms with Crippen molar-refractivity contribution in [2.45, 2.75) is 90.1 Å². The van der Waals surface area contributed by atoms with Gasteiger partial charge in [0.2, 0.25) is 0 Å². The second-order valence-corrected chi connectivity index (χ2v) is 6.47. The summed E-state index contributed by atoms with van der Waals surface area (Å²) < 4.78 is 0. The highest BCUT2D eigenvalue weighted by Gasteiger charge is 2.02. The minimum atomic E-state index is -0.849. The van der Waals surface area contributed by atoms with Crippen LogP contribution in [-0.2, 0) is 4.79 Å². The molecule has 138 valence electrons. The third-order valence-corrected chi connectivity index (χ3v) is 4.08. The molecule has 0 amide bonds. The Morgan fingerprint density at radius 3 is 1.87 bits per heavy atom. The second kappa shape index (κ2) is 17.7. The zero-order valence-corrected chi connectivity index (χ0v) is 15.1. The van der Waals surface area contributed by atoms with Gasteiger partial charge in [0.25, 0.3) is 0 Å². The maximum Gasteiger partial charge on any atom is 0.317 e. The van der Waals surface area contributed by atoms with Gasteiger partial charge in [-0.1, -0.05) is 77.6 Å². The second-order valence-electron chi connectivity index (χ2n) is 6.47. The van der Waals surface area contributed by atoms with Gasteiger partial charge in [-0.15, -0.1) is 0 Å². The number of carboxylic acids is 1. The fourth-order valence-electron chi connectivity index (χ4n) is 2.66. The van der Waals surface area contributed by atoms with E-state index in [4.69, 9.17) is 10.8 Å². The van der Waals surface area contributed by atoms with Crippen LogP contribution in [0.3, 0.4) is 0 Å². The topological polar surface area (TPSA) is 87.4 Å². The summed E-state index contributed by atoms with van der Waals surface area (Å²) in [5.41, 5.74) is 5.83. The minimum absolute atomic E-state index is 0.0337. The Morgan fingerprint density at radius 1 is 0.913 bits per heavy atom. The Kier molecular flexibility index (Phi) is 17.2. The first-order valence-corrected chi connectivity index (χ1v) is 9.58. The SMILES string of the molecule is CCCCCCCCCCCCCCNC(N)CNCC(=O)O. The molecule has 0 bridgehead atoms. The summed E-state index contributed by atoms with van der Waals surface area (Å²) in [4.78, 5) is 10.3. The third kappa shape index (κ3) is 19.3. The predicted molar refractivity (Wildman–Crippen MR) is 97.6 cm³/mol. The number of carbonyl (C=O) groups is 1. The van der Waals surface area contributed by atoms with E-state index in [2.05, 4.69) is 17.6 Å². The van der Waals surface area contributed by atoms with Crippen molar-refractivity contribution in [2.75, 3.05) is 19.6 Å². The molecule has 0 rings (SSSR count). The van der Waals surface area contributed by atoms with E-state index < -0.39 is 5.97 Å². The quantitative estimate of drug-likeness (QED) is 0.229. The number of rotatable bonds is 18. The molecule has 0 aromatic rings. The minimum Gasteiger partial charge on any atom is -0.480 e. The molecule has 0 spiro atoms. The Bertz CT molecular complexity index is 263. The van der Waals surface area contributed by atoms with Gasteiger partial charge in [0.05, 0.1) is 12.7 Å². The highest BCUT2D eigenvalue weighted by Crippen LogP contribution is 2.11. The monoisotopic (exact) mass is 329 g/mol. The highest BCUT2D eigenvalue weighted by molar-refractivity contribution is 5.68. The van der Waals surface area contributed by atoms with Crippen LogP contribution in [0.2, 0.25) is 0 Å². The molecule has 0 aliphatic heterocycles. The van der Waals surface area contributed by atoms with Crippen molar-refractivity contribution in [3.63, 3.8) is 0 Å². The first-order chi connectivity index (χ1) is 11.2. The molecule has 1 unspecified atom stereocenters. The molecule has 5 N–H and O–H groups in total. The van der Waals surface area contributed by atoms with Gasteiger partial charge in [0.1, 0.15) is 0 Å². The molecule has 5 nitrogen and oxygen atoms in total. The fourth-order valence-corrected chi connectivity index (χ4v) is 2.66. The standard InChI is InChI=1S/C18H39N3O2/c1-2-3-4-5-6-7-8-9-10-11-12-13-14-21-17(19)15-20-16-18(22)23/h17,20-21H,2-16,19H2,1H3,(H,22,23). The molecule has 0 saturated heterocycles. The smallest absolute Gasteiger partial charge is 0.317 e. The van der Waals surface area contributed by atoms with Crippen LogP contribution in [0.5, 0.6) is 0 Å². The first-order valence-electron chi connectivity index (χ1n) is 9.58. The van der Waals surface area contributed by atoms with Crippen molar-refractivity contribution in [1.82, 2.24) is 10.6 Å². The lowest BCUT2D eigenvalue weighted by molar-refractivity contribution is -0.135. The predicted octanol–water partition coefficient (Wildman–Crippen LogP) is 3.24. The summed E-state index contributed by atoms with van der Waals surface area (Å²) >= 11 is 0. The van der Waals surface area contributed by atoms with Gasteiger partial charge < -0.3 is 21.5 Å². The zero-order chi connectivity index (χ0) is 17.2. The van der Waals surface area contributed by atoms with Crippen LogP contribution in [0, 0.1) is 0 Å². The third-order valence-electron chi connectivity index (χ3n) is 4.08. The average molecular weight is 330 g/mol. The number of unbranched alkanes of at least 4 members (excludes halogenated alkanes) is 11. The lowest BCUT2D eigenvalue weighted by Gasteiger charge is -2.13. The lowest BCUT2D eigenvalue weighted by Crippen LogP contribution is -2.46. The van der Waals surface area contributed by atoms with Crippen LogP contribution in [0.4, 0.5) is 0 Å². The van der Waals surface area contributed by atoms with Gasteiger partial charge >= 0.3 is 5.97 Å². The Labute approximate surface area is 142 Å². The number of aliphatic carboxylic acids is 1. The van der Waals surface area contributed by atoms with E-state index in [0.29, 0.717) is 6.54 Å². The molecule has 0 heterocycles. The number of nitrogens with two attached hydrogens (primary N) is 1. The van der Waals surface area contributed by atoms with Crippen LogP contribution < -0.4 is 16.4 Å². The molecule has 5 heteroatoms. The largest absolute Gasteiger partial charge is 0.480 e. The summed E-state index contributed by atoms with van der Waals surface area (Å²) in [5.74, 6) is -0.849. The summed E-state index contributed by atoms with van der Waals surface area (Å²) in [6, 6.07) is 0. The summed E-state index contributed by atoms with van der Waals surface area (Å²) in [6.07, 6.45) is 16.0. The van der Waals surface area contributed by atoms with Crippen molar-refractivity contribution in [2.24, 2.45) is 5.73 Å². The normalized spacial score (nSPS) is 12.4. The van der Waals surface area contributed by atoms with E-state index in [1.54, 1.807) is 0 Å². The maximum absolute atomic E-state index is 10.3. The molecule has 1 atom stereocenters. The zero-order valence-electron chi connectivity index (χ0n) is 15.1. The number of nitrogens with one attached hydrogen (secondary N) is 2. The van der Waals surface area contributed by atoms with E-state index in [1.165, 1.54) is 70.6 Å². The van der Waals surface area contributed by atoms with E-state index in [-0.39, 0.29) is 12.7 Å². The van der Waals surface area contributed by atoms with Crippen molar-refractivity contribution in [3.8, 4) is 0 Å². The summed E-state index contributed by atoms with van der Waals surface area (Å²) in [5, 5.41) is 14.5. The van der Waals surface area contributed by atoms with E-state index >= 15 is 0 Å². The van der Waals surface area contributed by atoms with Crippen LogP contribution >= 0.6 is 0 Å². The van der Waals surface area contributed by atoms with E-state index in [0.717, 1.165) is 13.0 Å². The molecule has 0 saturated carbocycles. The Morgan fingerprint density at radius 2 is 1.39 bits per heavy atom. The molecule has 0 aromatic carbocycles. The van der Waals surface area contributed by atoms with E-state index in [9.17, 15) is 4.79 Å². The van der Waals surface area contributed by atoms with Crippen molar-refractivity contribution in [1.29, 1.82) is 0 Å². The van der Waals surface area contributed by atoms with Crippen LogP contribution in [0.25, 0.3) is 0 Å². The van der Waals surface area contributed by atoms with Crippen molar-refractivity contribution < 1.29 is 9.90 Å². The van der Waals surface area contributed by atoms with Gasteiger partial charge in [0.15, 0.2) is 0 Å². The van der Waals surface area contributed by atoms with Crippen LogP contribution in [-0.4, -0.2) is 36.9 Å². The van der Waals surface area contributed by atoms with Gasteiger partial charge in [-0.25, -0.2) is 0 Å². The molecular weight excluding hydrogens is 290 g/mol. The molecule has 0 aliphatic rings. The van der Waals surface area contributed by atoms with Crippen molar-refractivity contribution >= 4 is 5.97 Å². The fraction of sp³-hybridized carbons (Fsp3) is 0.944. The van der Waals surface area contributed by atoms with Crippen molar-refractivity contribution in [3.05, 3.63) is 0 Å². The molecule has 23 heavy (non-hydrogen) atoms. The molecular formula is C18H39N3O2. The number of hydrogen-bond donors (Lipinski definition) is 4. The molecule has 0 fully saturated rings. The first kappa shape index (κ1) is 22.4. The Balaban J connectivity index is 3.11. The average Bonchev–Trinajstić information content (AvgIpc) is 2.51. The number of carboxylic acid groups (broad SMARTS) is 1. The van der Waals surface area contributed by atoms with Crippen LogP contribution in [0.1, 0.15) is 84.0 Å². The highest BCUT2D eigenvalue weighted by atomic mass is 16.4. The summed E-state index contributed by atoms with van der Waals surface area (Å²) in [7, 11) is 0. The van der Waals surface area contributed by atoms with Gasteiger partial charge in [-0.2, -0.15) is 0 Å². The molecule has 0 aliphatic carbocycles. The Hall–Kier alpha value is -0.650. The number of hydrogen-bond acceptors (Lipinski definition) is 4. The van der Waals surface area contributed by atoms with Crippen LogP contribution in [0.15, 0.2) is 0 Å². The van der Waals surface area contributed by atoms with Gasteiger partial charge in [0, 0.05) is 6.54 Å². The van der Waals surface area contributed by atoms with E-state index in [1.807, 2.05) is 0 Å². The maximum atomic E-state index is 10.3. The van der Waals surface area contributed by atoms with Gasteiger partial charge in [-0.05, 0) is 13.0 Å². The lowest BCUT2D eigenvalue weighted by atomic mass is 10.1. The summed E-state index contributed by atoms with van der Waals surface area (Å²) in [6.45, 7) is 3.63. The van der Waals surface area contributed by atoms with Gasteiger partial charge in [-0.3, -0.25) is 4.79 Å².